The first-order valence-corrected chi connectivity index (χ1v) is 8.92. The second-order valence-electron chi connectivity index (χ2n) is 6.47. The van der Waals surface area contributed by atoms with Gasteiger partial charge in [-0.25, -0.2) is 20.4 Å². The highest BCUT2D eigenvalue weighted by molar-refractivity contribution is 5.71. The number of nitrogens with one attached hydrogen (secondary N) is 2. The molecule has 1 aromatic carbocycles. The number of aryl methyl sites for hydroxylation is 1. The molecule has 0 amide bonds. The molecule has 0 saturated carbocycles. The summed E-state index contributed by atoms with van der Waals surface area (Å²) in [6.45, 7) is 2.05. The van der Waals surface area contributed by atoms with Crippen LogP contribution in [0.5, 0.6) is 0 Å². The number of halogens is 3. The summed E-state index contributed by atoms with van der Waals surface area (Å²) in [5.41, 5.74) is 4.95. The van der Waals surface area contributed by atoms with Crippen molar-refractivity contribution in [1.29, 1.82) is 0 Å². The predicted octanol–water partition coefficient (Wildman–Crippen LogP) is 3.75. The standard InChI is InChI=1S/C20H19F3N6O/c1-13-9-15(14-3-4-18(25-12-14)29(2)26-7-8-30)11-16(10-13)27-19-24-6-5-17(28-19)20(21,22)23/h3-6,8-12,26H,7H2,1-2H3,(H,24,27,28). The first-order valence-electron chi connectivity index (χ1n) is 8.92. The molecule has 3 rings (SSSR count). The van der Waals surface area contributed by atoms with Crippen LogP contribution in [0.15, 0.2) is 48.8 Å². The van der Waals surface area contributed by atoms with Crippen LogP contribution in [0.3, 0.4) is 0 Å². The number of aromatic nitrogens is 3. The summed E-state index contributed by atoms with van der Waals surface area (Å²) in [6.07, 6.45) is -1.06. The van der Waals surface area contributed by atoms with E-state index in [0.717, 1.165) is 35.2 Å². The highest BCUT2D eigenvalue weighted by Crippen LogP contribution is 2.29. The molecule has 0 unspecified atom stereocenters. The molecule has 7 nitrogen and oxygen atoms in total. The molecule has 156 valence electrons. The Balaban J connectivity index is 1.83. The second kappa shape index (κ2) is 8.87. The van der Waals surface area contributed by atoms with Gasteiger partial charge in [0.05, 0.1) is 6.54 Å². The van der Waals surface area contributed by atoms with Gasteiger partial charge in [-0.2, -0.15) is 13.2 Å². The molecule has 0 radical (unpaired) electrons. The quantitative estimate of drug-likeness (QED) is 0.448. The third-order valence-electron chi connectivity index (χ3n) is 4.12. The van der Waals surface area contributed by atoms with Gasteiger partial charge in [0.2, 0.25) is 5.95 Å². The zero-order valence-electron chi connectivity index (χ0n) is 16.2. The maximum atomic E-state index is 12.9. The summed E-state index contributed by atoms with van der Waals surface area (Å²) in [6, 6.07) is 9.97. The lowest BCUT2D eigenvalue weighted by atomic mass is 10.0. The molecule has 0 aliphatic heterocycles. The van der Waals surface area contributed by atoms with Crippen LogP contribution < -0.4 is 15.8 Å². The highest BCUT2D eigenvalue weighted by Gasteiger charge is 2.32. The average Bonchev–Trinajstić information content (AvgIpc) is 2.71. The van der Waals surface area contributed by atoms with Crippen molar-refractivity contribution in [3.8, 4) is 11.1 Å². The van der Waals surface area contributed by atoms with Crippen molar-refractivity contribution in [2.75, 3.05) is 23.9 Å². The normalized spacial score (nSPS) is 11.2. The fraction of sp³-hybridized carbons (Fsp3) is 0.200. The summed E-state index contributed by atoms with van der Waals surface area (Å²) >= 11 is 0. The zero-order chi connectivity index (χ0) is 21.7. The van der Waals surface area contributed by atoms with Gasteiger partial charge in [0.15, 0.2) is 0 Å². The molecule has 0 aliphatic carbocycles. The number of carbonyl (C=O) groups excluding carboxylic acids is 1. The Labute approximate surface area is 171 Å². The van der Waals surface area contributed by atoms with E-state index in [4.69, 9.17) is 0 Å². The molecular formula is C20H19F3N6O. The lowest BCUT2D eigenvalue weighted by Crippen LogP contribution is -2.36. The number of carbonyl (C=O) groups is 1. The van der Waals surface area contributed by atoms with E-state index in [1.165, 1.54) is 0 Å². The summed E-state index contributed by atoms with van der Waals surface area (Å²) < 4.78 is 38.6. The van der Waals surface area contributed by atoms with Crippen molar-refractivity contribution in [1.82, 2.24) is 20.4 Å². The fourth-order valence-electron chi connectivity index (χ4n) is 2.74. The molecule has 0 fully saturated rings. The van der Waals surface area contributed by atoms with Crippen molar-refractivity contribution in [3.63, 3.8) is 0 Å². The van der Waals surface area contributed by atoms with Crippen molar-refractivity contribution < 1.29 is 18.0 Å². The fourth-order valence-corrected chi connectivity index (χ4v) is 2.74. The van der Waals surface area contributed by atoms with Gasteiger partial charge in [-0.1, -0.05) is 6.07 Å². The van der Waals surface area contributed by atoms with E-state index in [0.29, 0.717) is 11.5 Å². The number of pyridine rings is 1. The van der Waals surface area contributed by atoms with E-state index < -0.39 is 11.9 Å². The number of benzene rings is 1. The largest absolute Gasteiger partial charge is 0.433 e. The van der Waals surface area contributed by atoms with E-state index in [9.17, 15) is 18.0 Å². The van der Waals surface area contributed by atoms with Crippen molar-refractivity contribution in [2.45, 2.75) is 13.1 Å². The van der Waals surface area contributed by atoms with E-state index in [2.05, 4.69) is 25.7 Å². The molecular weight excluding hydrogens is 397 g/mol. The van der Waals surface area contributed by atoms with Gasteiger partial charge in [-0.05, 0) is 48.4 Å². The predicted molar refractivity (Wildman–Crippen MR) is 107 cm³/mol. The molecule has 0 aliphatic rings. The number of hydrazine groups is 1. The Morgan fingerprint density at radius 1 is 1.10 bits per heavy atom. The Hall–Kier alpha value is -3.53. The second-order valence-corrected chi connectivity index (χ2v) is 6.47. The number of rotatable bonds is 7. The van der Waals surface area contributed by atoms with Crippen molar-refractivity contribution in [2.24, 2.45) is 0 Å². The molecule has 0 bridgehead atoms. The highest BCUT2D eigenvalue weighted by atomic mass is 19.4. The van der Waals surface area contributed by atoms with Gasteiger partial charge in [-0.3, -0.25) is 5.01 Å². The number of aldehydes is 1. The minimum absolute atomic E-state index is 0.141. The topological polar surface area (TPSA) is 83.0 Å². The Morgan fingerprint density at radius 3 is 2.57 bits per heavy atom. The Morgan fingerprint density at radius 2 is 1.90 bits per heavy atom. The first kappa shape index (κ1) is 21.2. The SMILES string of the molecule is Cc1cc(Nc2nccc(C(F)(F)F)n2)cc(-c2ccc(N(C)NCC=O)nc2)c1. The Bertz CT molecular complexity index is 1020. The van der Waals surface area contributed by atoms with Crippen LogP contribution >= 0.6 is 0 Å². The number of anilines is 3. The Kier molecular flexibility index (Phi) is 6.26. The number of nitrogens with zero attached hydrogens (tertiary/aromatic N) is 4. The third-order valence-corrected chi connectivity index (χ3v) is 4.12. The lowest BCUT2D eigenvalue weighted by molar-refractivity contribution is -0.141. The maximum Gasteiger partial charge on any atom is 0.433 e. The summed E-state index contributed by atoms with van der Waals surface area (Å²) in [7, 11) is 1.75. The van der Waals surface area contributed by atoms with Crippen LogP contribution in [0.4, 0.5) is 30.6 Å². The first-order chi connectivity index (χ1) is 14.3. The van der Waals surface area contributed by atoms with Crippen LogP contribution in [0.1, 0.15) is 11.3 Å². The van der Waals surface area contributed by atoms with Gasteiger partial charge in [0.25, 0.3) is 0 Å². The number of alkyl halides is 3. The molecule has 0 saturated heterocycles. The van der Waals surface area contributed by atoms with Gasteiger partial charge in [0.1, 0.15) is 17.8 Å². The molecule has 0 spiro atoms. The van der Waals surface area contributed by atoms with Crippen LogP contribution in [-0.4, -0.2) is 34.8 Å². The minimum Gasteiger partial charge on any atom is -0.324 e. The van der Waals surface area contributed by atoms with E-state index in [-0.39, 0.29) is 12.5 Å². The van der Waals surface area contributed by atoms with Crippen LogP contribution in [0, 0.1) is 6.92 Å². The molecule has 10 heteroatoms. The minimum atomic E-state index is -4.54. The third kappa shape index (κ3) is 5.29. The van der Waals surface area contributed by atoms with Gasteiger partial charge in [-0.15, -0.1) is 0 Å². The smallest absolute Gasteiger partial charge is 0.324 e. The molecule has 0 atom stereocenters. The number of hydrogen-bond acceptors (Lipinski definition) is 7. The summed E-state index contributed by atoms with van der Waals surface area (Å²) in [4.78, 5) is 22.2. The van der Waals surface area contributed by atoms with Crippen molar-refractivity contribution >= 4 is 23.7 Å². The lowest BCUT2D eigenvalue weighted by Gasteiger charge is -2.18. The van der Waals surface area contributed by atoms with E-state index >= 15 is 0 Å². The van der Waals surface area contributed by atoms with Gasteiger partial charge < -0.3 is 10.1 Å². The van der Waals surface area contributed by atoms with Crippen LogP contribution in [-0.2, 0) is 11.0 Å². The molecule has 30 heavy (non-hydrogen) atoms. The van der Waals surface area contributed by atoms with Gasteiger partial charge in [0, 0.05) is 30.7 Å². The van der Waals surface area contributed by atoms with Crippen molar-refractivity contribution in [3.05, 3.63) is 60.0 Å². The van der Waals surface area contributed by atoms with Crippen LogP contribution in [0.2, 0.25) is 0 Å². The summed E-state index contributed by atoms with van der Waals surface area (Å²) in [5, 5.41) is 4.46. The molecule has 2 N–H and O–H groups in total. The molecule has 3 aromatic rings. The molecule has 2 aromatic heterocycles. The molecule has 2 heterocycles. The number of hydrogen-bond donors (Lipinski definition) is 2. The van der Waals surface area contributed by atoms with Crippen LogP contribution in [0.25, 0.3) is 11.1 Å². The van der Waals surface area contributed by atoms with E-state index in [1.54, 1.807) is 36.5 Å². The van der Waals surface area contributed by atoms with E-state index in [1.807, 2.05) is 19.1 Å². The monoisotopic (exact) mass is 416 g/mol. The zero-order valence-corrected chi connectivity index (χ0v) is 16.2. The summed E-state index contributed by atoms with van der Waals surface area (Å²) in [5.74, 6) is 0.488. The van der Waals surface area contributed by atoms with Gasteiger partial charge >= 0.3 is 6.18 Å². The maximum absolute atomic E-state index is 12.9. The average molecular weight is 416 g/mol.